The summed E-state index contributed by atoms with van der Waals surface area (Å²) < 4.78 is 6.45. The number of hydrogen-bond acceptors (Lipinski definition) is 2. The summed E-state index contributed by atoms with van der Waals surface area (Å²) in [6.07, 6.45) is 6.58. The van der Waals surface area contributed by atoms with Gasteiger partial charge < -0.3 is 9.73 Å². The van der Waals surface area contributed by atoms with Gasteiger partial charge in [0.25, 0.3) is 0 Å². The van der Waals surface area contributed by atoms with E-state index in [4.69, 9.17) is 4.42 Å². The van der Waals surface area contributed by atoms with Crippen molar-refractivity contribution in [2.45, 2.75) is 71.9 Å². The maximum absolute atomic E-state index is 5.63. The molecule has 2 nitrogen and oxygen atoms in total. The minimum atomic E-state index is 0.294. The van der Waals surface area contributed by atoms with E-state index < -0.39 is 0 Å². The Morgan fingerprint density at radius 3 is 2.45 bits per heavy atom. The second-order valence-electron chi connectivity index (χ2n) is 6.92. The first-order chi connectivity index (χ1) is 9.42. The summed E-state index contributed by atoms with van der Waals surface area (Å²) in [5, 5.41) is 3.72. The molecule has 114 valence electrons. The number of hydrogen-bond donors (Lipinski definition) is 1. The maximum Gasteiger partial charge on any atom is 0.169 e. The molecule has 1 atom stereocenters. The highest BCUT2D eigenvalue weighted by Crippen LogP contribution is 2.40. The third kappa shape index (κ3) is 3.88. The van der Waals surface area contributed by atoms with Gasteiger partial charge in [0.2, 0.25) is 0 Å². The lowest BCUT2D eigenvalue weighted by atomic mass is 9.69. The van der Waals surface area contributed by atoms with E-state index in [0.29, 0.717) is 17.5 Å². The molecule has 1 aromatic rings. The molecule has 0 saturated heterocycles. The van der Waals surface area contributed by atoms with Crippen molar-refractivity contribution in [1.82, 2.24) is 5.32 Å². The van der Waals surface area contributed by atoms with Gasteiger partial charge in [-0.05, 0) is 72.0 Å². The van der Waals surface area contributed by atoms with Crippen LogP contribution < -0.4 is 5.32 Å². The Balaban J connectivity index is 1.82. The monoisotopic (exact) mass is 341 g/mol. The molecule has 1 heterocycles. The predicted octanol–water partition coefficient (Wildman–Crippen LogP) is 5.69. The topological polar surface area (TPSA) is 25.2 Å². The third-order valence-electron chi connectivity index (χ3n) is 5.25. The van der Waals surface area contributed by atoms with Crippen LogP contribution in [0.4, 0.5) is 0 Å². The van der Waals surface area contributed by atoms with Gasteiger partial charge in [-0.25, -0.2) is 0 Å². The molecule has 2 rings (SSSR count). The molecule has 1 saturated carbocycles. The van der Waals surface area contributed by atoms with Crippen LogP contribution in [0.2, 0.25) is 0 Å². The van der Waals surface area contributed by atoms with Gasteiger partial charge in [-0.3, -0.25) is 0 Å². The predicted molar refractivity (Wildman–Crippen MR) is 87.8 cm³/mol. The third-order valence-corrected chi connectivity index (χ3v) is 5.68. The SMILES string of the molecule is CCC(C)(C)C1CCC(NC(C)c2ccc(Br)o2)CC1. The summed E-state index contributed by atoms with van der Waals surface area (Å²) in [4.78, 5) is 0. The van der Waals surface area contributed by atoms with Crippen molar-refractivity contribution >= 4 is 15.9 Å². The highest BCUT2D eigenvalue weighted by molar-refractivity contribution is 9.10. The second-order valence-corrected chi connectivity index (χ2v) is 7.70. The average Bonchev–Trinajstić information content (AvgIpc) is 2.86. The van der Waals surface area contributed by atoms with Crippen molar-refractivity contribution in [3.8, 4) is 0 Å². The molecule has 1 N–H and O–H groups in total. The van der Waals surface area contributed by atoms with Gasteiger partial charge in [-0.2, -0.15) is 0 Å². The minimum Gasteiger partial charge on any atom is -0.453 e. The van der Waals surface area contributed by atoms with Crippen LogP contribution in [0.1, 0.15) is 71.6 Å². The summed E-state index contributed by atoms with van der Waals surface area (Å²) in [5.74, 6) is 1.91. The fraction of sp³-hybridized carbons (Fsp3) is 0.765. The lowest BCUT2D eigenvalue weighted by Gasteiger charge is -2.39. The summed E-state index contributed by atoms with van der Waals surface area (Å²) in [6, 6.07) is 4.95. The molecular weight excluding hydrogens is 314 g/mol. The Kier molecular flexibility index (Phi) is 5.36. The molecule has 0 aromatic carbocycles. The van der Waals surface area contributed by atoms with Gasteiger partial charge in [-0.1, -0.05) is 27.2 Å². The summed E-state index contributed by atoms with van der Waals surface area (Å²) in [5.41, 5.74) is 0.502. The minimum absolute atomic E-state index is 0.294. The van der Waals surface area contributed by atoms with Crippen LogP contribution in [0.3, 0.4) is 0 Å². The summed E-state index contributed by atoms with van der Waals surface area (Å²) in [6.45, 7) is 9.36. The summed E-state index contributed by atoms with van der Waals surface area (Å²) in [7, 11) is 0. The van der Waals surface area contributed by atoms with Gasteiger partial charge in [0.1, 0.15) is 5.76 Å². The number of halogens is 1. The Morgan fingerprint density at radius 2 is 1.95 bits per heavy atom. The van der Waals surface area contributed by atoms with Crippen LogP contribution in [0.5, 0.6) is 0 Å². The molecule has 0 spiro atoms. The Bertz CT molecular complexity index is 418. The zero-order valence-corrected chi connectivity index (χ0v) is 14.8. The van der Waals surface area contributed by atoms with Crippen molar-refractivity contribution in [3.05, 3.63) is 22.6 Å². The molecule has 0 aliphatic heterocycles. The van der Waals surface area contributed by atoms with Crippen molar-refractivity contribution in [1.29, 1.82) is 0 Å². The Hall–Kier alpha value is -0.280. The van der Waals surface area contributed by atoms with E-state index in [2.05, 4.69) is 48.9 Å². The van der Waals surface area contributed by atoms with Gasteiger partial charge >= 0.3 is 0 Å². The fourth-order valence-electron chi connectivity index (χ4n) is 3.33. The van der Waals surface area contributed by atoms with E-state index >= 15 is 0 Å². The number of furan rings is 1. The van der Waals surface area contributed by atoms with Crippen molar-refractivity contribution in [2.24, 2.45) is 11.3 Å². The number of rotatable bonds is 5. The average molecular weight is 342 g/mol. The normalized spacial score (nSPS) is 25.6. The Labute approximate surface area is 131 Å². The molecule has 0 radical (unpaired) electrons. The van der Waals surface area contributed by atoms with Crippen LogP contribution in [0.25, 0.3) is 0 Å². The van der Waals surface area contributed by atoms with Crippen LogP contribution in [0.15, 0.2) is 21.2 Å². The Morgan fingerprint density at radius 1 is 1.30 bits per heavy atom. The van der Waals surface area contributed by atoms with Crippen LogP contribution >= 0.6 is 15.9 Å². The maximum atomic E-state index is 5.63. The van der Waals surface area contributed by atoms with E-state index in [1.807, 2.05) is 12.1 Å². The van der Waals surface area contributed by atoms with Gasteiger partial charge in [0, 0.05) is 6.04 Å². The quantitative estimate of drug-likeness (QED) is 0.744. The lowest BCUT2D eigenvalue weighted by molar-refractivity contribution is 0.133. The van der Waals surface area contributed by atoms with Crippen LogP contribution in [-0.2, 0) is 0 Å². The molecule has 1 aliphatic carbocycles. The highest BCUT2D eigenvalue weighted by atomic mass is 79.9. The molecule has 0 bridgehead atoms. The molecule has 1 fully saturated rings. The first-order valence-corrected chi connectivity index (χ1v) is 8.73. The summed E-state index contributed by atoms with van der Waals surface area (Å²) >= 11 is 3.37. The van der Waals surface area contributed by atoms with E-state index in [1.54, 1.807) is 0 Å². The first-order valence-electron chi connectivity index (χ1n) is 7.93. The molecule has 1 aromatic heterocycles. The fourth-order valence-corrected chi connectivity index (χ4v) is 3.65. The molecule has 20 heavy (non-hydrogen) atoms. The molecular formula is C17H28BrNO. The first kappa shape index (κ1) is 16.1. The lowest BCUT2D eigenvalue weighted by Crippen LogP contribution is -2.37. The van der Waals surface area contributed by atoms with Crippen molar-refractivity contribution < 1.29 is 4.42 Å². The van der Waals surface area contributed by atoms with Crippen molar-refractivity contribution in [2.75, 3.05) is 0 Å². The second kappa shape index (κ2) is 6.65. The zero-order chi connectivity index (χ0) is 14.8. The van der Waals surface area contributed by atoms with Gasteiger partial charge in [-0.15, -0.1) is 0 Å². The zero-order valence-electron chi connectivity index (χ0n) is 13.2. The van der Waals surface area contributed by atoms with E-state index in [-0.39, 0.29) is 0 Å². The molecule has 3 heteroatoms. The smallest absolute Gasteiger partial charge is 0.169 e. The van der Waals surface area contributed by atoms with Crippen LogP contribution in [-0.4, -0.2) is 6.04 Å². The van der Waals surface area contributed by atoms with E-state index in [1.165, 1.54) is 32.1 Å². The van der Waals surface area contributed by atoms with Gasteiger partial charge in [0.15, 0.2) is 4.67 Å². The largest absolute Gasteiger partial charge is 0.453 e. The van der Waals surface area contributed by atoms with Gasteiger partial charge in [0.05, 0.1) is 6.04 Å². The molecule has 1 aliphatic rings. The van der Waals surface area contributed by atoms with Crippen molar-refractivity contribution in [3.63, 3.8) is 0 Å². The highest BCUT2D eigenvalue weighted by Gasteiger charge is 2.32. The van der Waals surface area contributed by atoms with E-state index in [9.17, 15) is 0 Å². The van der Waals surface area contributed by atoms with E-state index in [0.717, 1.165) is 16.3 Å². The standard InChI is InChI=1S/C17H28BrNO/c1-5-17(3,4)13-6-8-14(9-7-13)19-12(2)15-10-11-16(18)20-15/h10-14,19H,5-9H2,1-4H3. The number of nitrogens with one attached hydrogen (secondary N) is 1. The molecule has 0 amide bonds. The van der Waals surface area contributed by atoms with Crippen LogP contribution in [0, 0.1) is 11.3 Å². The molecule has 1 unspecified atom stereocenters.